The van der Waals surface area contributed by atoms with Crippen LogP contribution in [0.4, 0.5) is 5.82 Å². The topological polar surface area (TPSA) is 54.0 Å². The minimum atomic E-state index is -0.150. The average molecular weight is 262 g/mol. The number of hydrazine groups is 1. The van der Waals surface area contributed by atoms with Gasteiger partial charge < -0.3 is 0 Å². The van der Waals surface area contributed by atoms with Crippen LogP contribution in [-0.4, -0.2) is 10.9 Å². The third-order valence-corrected chi connectivity index (χ3v) is 2.59. The monoisotopic (exact) mass is 261 g/mol. The van der Waals surface area contributed by atoms with E-state index >= 15 is 0 Å². The summed E-state index contributed by atoms with van der Waals surface area (Å²) < 4.78 is 0. The van der Waals surface area contributed by atoms with Crippen molar-refractivity contribution in [2.45, 2.75) is 6.42 Å². The number of pyridine rings is 1. The molecule has 0 radical (unpaired) electrons. The van der Waals surface area contributed by atoms with Gasteiger partial charge in [0.05, 0.1) is 11.4 Å². The first-order valence-corrected chi connectivity index (χ1v) is 5.83. The van der Waals surface area contributed by atoms with Gasteiger partial charge in [0.25, 0.3) is 0 Å². The molecule has 0 saturated heterocycles. The smallest absolute Gasteiger partial charge is 0.242 e. The molecule has 0 aliphatic carbocycles. The van der Waals surface area contributed by atoms with Gasteiger partial charge in [-0.25, -0.2) is 4.98 Å². The van der Waals surface area contributed by atoms with E-state index in [1.165, 1.54) is 0 Å². The van der Waals surface area contributed by atoms with Crippen molar-refractivity contribution in [1.29, 1.82) is 0 Å². The first kappa shape index (κ1) is 12.4. The highest BCUT2D eigenvalue weighted by molar-refractivity contribution is 6.32. The number of hydrogen-bond donors (Lipinski definition) is 2. The molecule has 4 nitrogen and oxygen atoms in total. The van der Waals surface area contributed by atoms with E-state index in [0.717, 1.165) is 5.56 Å². The third kappa shape index (κ3) is 3.46. The van der Waals surface area contributed by atoms with Crippen molar-refractivity contribution in [3.63, 3.8) is 0 Å². The highest BCUT2D eigenvalue weighted by Crippen LogP contribution is 2.16. The minimum Gasteiger partial charge on any atom is -0.281 e. The summed E-state index contributed by atoms with van der Waals surface area (Å²) in [6, 6.07) is 12.9. The van der Waals surface area contributed by atoms with Gasteiger partial charge in [-0.15, -0.1) is 0 Å². The molecule has 92 valence electrons. The zero-order valence-electron chi connectivity index (χ0n) is 9.56. The van der Waals surface area contributed by atoms with E-state index in [0.29, 0.717) is 17.3 Å². The van der Waals surface area contributed by atoms with Crippen molar-refractivity contribution in [1.82, 2.24) is 10.4 Å². The Morgan fingerprint density at radius 1 is 1.17 bits per heavy atom. The van der Waals surface area contributed by atoms with Gasteiger partial charge in [-0.05, 0) is 17.7 Å². The van der Waals surface area contributed by atoms with Crippen molar-refractivity contribution in [3.05, 3.63) is 59.2 Å². The fraction of sp³-hybridized carbons (Fsp3) is 0.0769. The number of hydrogen-bond acceptors (Lipinski definition) is 3. The fourth-order valence-corrected chi connectivity index (χ4v) is 1.60. The lowest BCUT2D eigenvalue weighted by Gasteiger charge is -2.08. The summed E-state index contributed by atoms with van der Waals surface area (Å²) in [4.78, 5) is 15.7. The van der Waals surface area contributed by atoms with Gasteiger partial charge in [-0.2, -0.15) is 0 Å². The summed E-state index contributed by atoms with van der Waals surface area (Å²) in [5.41, 5.74) is 6.19. The Kier molecular flexibility index (Phi) is 4.15. The van der Waals surface area contributed by atoms with E-state index in [1.807, 2.05) is 30.3 Å². The quantitative estimate of drug-likeness (QED) is 0.831. The highest BCUT2D eigenvalue weighted by Gasteiger charge is 2.04. The Labute approximate surface area is 110 Å². The molecule has 18 heavy (non-hydrogen) atoms. The average Bonchev–Trinajstić information content (AvgIpc) is 2.39. The van der Waals surface area contributed by atoms with Crippen LogP contribution in [-0.2, 0) is 11.2 Å². The summed E-state index contributed by atoms with van der Waals surface area (Å²) >= 11 is 5.89. The molecular formula is C13H12ClN3O. The molecule has 0 unspecified atom stereocenters. The molecule has 0 atom stereocenters. The molecule has 1 heterocycles. The van der Waals surface area contributed by atoms with Crippen LogP contribution in [0.25, 0.3) is 0 Å². The second-order valence-corrected chi connectivity index (χ2v) is 4.08. The standard InChI is InChI=1S/C13H12ClN3O/c14-11-7-4-8-15-13(11)17-16-12(18)9-10-5-2-1-3-6-10/h1-8H,9H2,(H,15,17)(H,16,18). The van der Waals surface area contributed by atoms with Gasteiger partial charge >= 0.3 is 0 Å². The Hall–Kier alpha value is -2.07. The highest BCUT2D eigenvalue weighted by atomic mass is 35.5. The molecule has 2 rings (SSSR count). The lowest BCUT2D eigenvalue weighted by atomic mass is 10.1. The number of aromatic nitrogens is 1. The third-order valence-electron chi connectivity index (χ3n) is 2.29. The minimum absolute atomic E-state index is 0.150. The molecule has 0 fully saturated rings. The molecule has 0 aliphatic rings. The van der Waals surface area contributed by atoms with Gasteiger partial charge in [0.2, 0.25) is 5.91 Å². The Morgan fingerprint density at radius 3 is 2.67 bits per heavy atom. The number of benzene rings is 1. The molecule has 0 spiro atoms. The predicted molar refractivity (Wildman–Crippen MR) is 71.2 cm³/mol. The van der Waals surface area contributed by atoms with Crippen LogP contribution >= 0.6 is 11.6 Å². The van der Waals surface area contributed by atoms with Gasteiger partial charge in [-0.1, -0.05) is 41.9 Å². The zero-order chi connectivity index (χ0) is 12.8. The van der Waals surface area contributed by atoms with E-state index in [1.54, 1.807) is 18.3 Å². The molecule has 2 aromatic rings. The Balaban J connectivity index is 1.88. The maximum absolute atomic E-state index is 11.7. The predicted octanol–water partition coefficient (Wildman–Crippen LogP) is 2.42. The molecule has 0 saturated carbocycles. The summed E-state index contributed by atoms with van der Waals surface area (Å²) in [5, 5.41) is 0.456. The molecular weight excluding hydrogens is 250 g/mol. The second-order valence-electron chi connectivity index (χ2n) is 3.67. The van der Waals surface area contributed by atoms with Crippen LogP contribution in [0.1, 0.15) is 5.56 Å². The molecule has 5 heteroatoms. The van der Waals surface area contributed by atoms with E-state index in [-0.39, 0.29) is 5.91 Å². The van der Waals surface area contributed by atoms with Gasteiger partial charge in [-0.3, -0.25) is 15.6 Å². The molecule has 1 aromatic heterocycles. The van der Waals surface area contributed by atoms with Crippen LogP contribution in [0.15, 0.2) is 48.7 Å². The normalized spacial score (nSPS) is 9.83. The number of carbonyl (C=O) groups is 1. The van der Waals surface area contributed by atoms with E-state index < -0.39 is 0 Å². The number of carbonyl (C=O) groups excluding carboxylic acids is 1. The number of halogens is 1. The Bertz CT molecular complexity index is 531. The van der Waals surface area contributed by atoms with Crippen LogP contribution in [0, 0.1) is 0 Å². The summed E-state index contributed by atoms with van der Waals surface area (Å²) in [7, 11) is 0. The SMILES string of the molecule is O=C(Cc1ccccc1)NNc1ncccc1Cl. The zero-order valence-corrected chi connectivity index (χ0v) is 10.3. The molecule has 1 amide bonds. The second kappa shape index (κ2) is 6.02. The van der Waals surface area contributed by atoms with Crippen LogP contribution in [0.5, 0.6) is 0 Å². The lowest BCUT2D eigenvalue weighted by Crippen LogP contribution is -2.31. The van der Waals surface area contributed by atoms with Gasteiger partial charge in [0, 0.05) is 6.20 Å². The first-order valence-electron chi connectivity index (χ1n) is 5.45. The molecule has 0 bridgehead atoms. The first-order chi connectivity index (χ1) is 8.75. The molecule has 1 aromatic carbocycles. The summed E-state index contributed by atoms with van der Waals surface area (Å²) in [5.74, 6) is 0.281. The van der Waals surface area contributed by atoms with Crippen molar-refractivity contribution >= 4 is 23.3 Å². The Morgan fingerprint density at radius 2 is 1.94 bits per heavy atom. The van der Waals surface area contributed by atoms with E-state index in [4.69, 9.17) is 11.6 Å². The largest absolute Gasteiger partial charge is 0.281 e. The van der Waals surface area contributed by atoms with Crippen LogP contribution in [0.3, 0.4) is 0 Å². The lowest BCUT2D eigenvalue weighted by molar-refractivity contribution is -0.119. The number of nitrogens with zero attached hydrogens (tertiary/aromatic N) is 1. The van der Waals surface area contributed by atoms with E-state index in [2.05, 4.69) is 15.8 Å². The van der Waals surface area contributed by atoms with Gasteiger partial charge in [0.1, 0.15) is 0 Å². The number of anilines is 1. The van der Waals surface area contributed by atoms with Crippen molar-refractivity contribution in [2.75, 3.05) is 5.43 Å². The maximum Gasteiger partial charge on any atom is 0.242 e. The fourth-order valence-electron chi connectivity index (χ4n) is 1.43. The summed E-state index contributed by atoms with van der Waals surface area (Å²) in [6.45, 7) is 0. The van der Waals surface area contributed by atoms with Crippen LogP contribution in [0.2, 0.25) is 5.02 Å². The van der Waals surface area contributed by atoms with Gasteiger partial charge in [0.15, 0.2) is 5.82 Å². The number of rotatable bonds is 4. The molecule has 2 N–H and O–H groups in total. The van der Waals surface area contributed by atoms with E-state index in [9.17, 15) is 4.79 Å². The van der Waals surface area contributed by atoms with Crippen molar-refractivity contribution in [2.24, 2.45) is 0 Å². The van der Waals surface area contributed by atoms with Crippen LogP contribution < -0.4 is 10.9 Å². The number of amides is 1. The summed E-state index contributed by atoms with van der Waals surface area (Å²) in [6.07, 6.45) is 1.90. The van der Waals surface area contributed by atoms with Crippen molar-refractivity contribution < 1.29 is 4.79 Å². The maximum atomic E-state index is 11.7. The van der Waals surface area contributed by atoms with Crippen molar-refractivity contribution in [3.8, 4) is 0 Å². The molecule has 0 aliphatic heterocycles. The number of nitrogens with one attached hydrogen (secondary N) is 2.